The van der Waals surface area contributed by atoms with Crippen molar-refractivity contribution in [2.75, 3.05) is 6.61 Å². The van der Waals surface area contributed by atoms with Gasteiger partial charge in [0.1, 0.15) is 0 Å². The third-order valence-corrected chi connectivity index (χ3v) is 3.22. The SMILES string of the molecule is CCOc1ncccc1CNC(=O)c1c(Cl)cncc1Cl. The molecule has 1 N–H and O–H groups in total. The Kier molecular flexibility index (Phi) is 5.36. The molecule has 7 heteroatoms. The largest absolute Gasteiger partial charge is 0.478 e. The van der Waals surface area contributed by atoms with Gasteiger partial charge in [-0.2, -0.15) is 0 Å². The molecule has 5 nitrogen and oxygen atoms in total. The Bertz CT molecular complexity index is 630. The number of pyridine rings is 2. The van der Waals surface area contributed by atoms with Gasteiger partial charge in [0.05, 0.1) is 22.2 Å². The molecule has 0 aliphatic rings. The van der Waals surface area contributed by atoms with Crippen LogP contribution >= 0.6 is 23.2 Å². The van der Waals surface area contributed by atoms with E-state index in [1.807, 2.05) is 13.0 Å². The quantitative estimate of drug-likeness (QED) is 0.917. The van der Waals surface area contributed by atoms with Gasteiger partial charge in [0.15, 0.2) is 0 Å². The van der Waals surface area contributed by atoms with Crippen molar-refractivity contribution >= 4 is 29.1 Å². The first-order valence-electron chi connectivity index (χ1n) is 6.27. The van der Waals surface area contributed by atoms with E-state index < -0.39 is 0 Å². The monoisotopic (exact) mass is 325 g/mol. The van der Waals surface area contributed by atoms with Crippen LogP contribution in [0.2, 0.25) is 10.0 Å². The lowest BCUT2D eigenvalue weighted by molar-refractivity contribution is 0.0951. The van der Waals surface area contributed by atoms with Crippen LogP contribution in [0.3, 0.4) is 0 Å². The van der Waals surface area contributed by atoms with E-state index in [0.29, 0.717) is 12.5 Å². The topological polar surface area (TPSA) is 64.1 Å². The van der Waals surface area contributed by atoms with Crippen LogP contribution in [0.25, 0.3) is 0 Å². The van der Waals surface area contributed by atoms with Crippen molar-refractivity contribution in [1.82, 2.24) is 15.3 Å². The van der Waals surface area contributed by atoms with Gasteiger partial charge >= 0.3 is 0 Å². The molecule has 0 aliphatic carbocycles. The van der Waals surface area contributed by atoms with Crippen LogP contribution in [-0.2, 0) is 6.54 Å². The molecule has 2 heterocycles. The minimum atomic E-state index is -0.376. The summed E-state index contributed by atoms with van der Waals surface area (Å²) in [4.78, 5) is 20.1. The summed E-state index contributed by atoms with van der Waals surface area (Å²) in [5.74, 6) is 0.117. The smallest absolute Gasteiger partial charge is 0.254 e. The Balaban J connectivity index is 2.11. The summed E-state index contributed by atoms with van der Waals surface area (Å²) in [6.07, 6.45) is 4.38. The van der Waals surface area contributed by atoms with Crippen molar-refractivity contribution in [1.29, 1.82) is 0 Å². The Hall–Kier alpha value is -1.85. The highest BCUT2D eigenvalue weighted by Gasteiger charge is 2.15. The molecule has 2 aromatic rings. The average molecular weight is 326 g/mol. The van der Waals surface area contributed by atoms with E-state index in [1.165, 1.54) is 12.4 Å². The van der Waals surface area contributed by atoms with Gasteiger partial charge in [-0.15, -0.1) is 0 Å². The highest BCUT2D eigenvalue weighted by atomic mass is 35.5. The van der Waals surface area contributed by atoms with Gasteiger partial charge in [0, 0.05) is 30.7 Å². The number of nitrogens with one attached hydrogen (secondary N) is 1. The van der Waals surface area contributed by atoms with Gasteiger partial charge in [-0.1, -0.05) is 29.3 Å². The van der Waals surface area contributed by atoms with Crippen molar-refractivity contribution in [3.05, 3.63) is 51.9 Å². The van der Waals surface area contributed by atoms with Crippen LogP contribution < -0.4 is 10.1 Å². The van der Waals surface area contributed by atoms with Crippen LogP contribution in [0, 0.1) is 0 Å². The molecule has 0 fully saturated rings. The van der Waals surface area contributed by atoms with Crippen molar-refractivity contribution in [3.63, 3.8) is 0 Å². The molecular weight excluding hydrogens is 313 g/mol. The van der Waals surface area contributed by atoms with Crippen molar-refractivity contribution in [3.8, 4) is 5.88 Å². The number of carbonyl (C=O) groups excluding carboxylic acids is 1. The standard InChI is InChI=1S/C14H13Cl2N3O2/c1-2-21-14-9(4-3-5-18-14)6-19-13(20)12-10(15)7-17-8-11(12)16/h3-5,7-8H,2,6H2,1H3,(H,19,20). The van der Waals surface area contributed by atoms with E-state index in [0.717, 1.165) is 5.56 Å². The van der Waals surface area contributed by atoms with Gasteiger partial charge in [0.2, 0.25) is 5.88 Å². The maximum atomic E-state index is 12.2. The van der Waals surface area contributed by atoms with E-state index in [1.54, 1.807) is 12.3 Å². The average Bonchev–Trinajstić information content (AvgIpc) is 2.46. The number of rotatable bonds is 5. The molecule has 0 unspecified atom stereocenters. The third-order valence-electron chi connectivity index (χ3n) is 2.65. The molecule has 0 atom stereocenters. The second-order valence-corrected chi connectivity index (χ2v) is 4.88. The molecule has 0 radical (unpaired) electrons. The molecule has 2 aromatic heterocycles. The Morgan fingerprint density at radius 2 is 2.05 bits per heavy atom. The molecule has 1 amide bonds. The highest BCUT2D eigenvalue weighted by Crippen LogP contribution is 2.23. The van der Waals surface area contributed by atoms with Crippen molar-refractivity contribution < 1.29 is 9.53 Å². The number of carbonyl (C=O) groups is 1. The Morgan fingerprint density at radius 3 is 2.71 bits per heavy atom. The summed E-state index contributed by atoms with van der Waals surface area (Å²) in [6, 6.07) is 3.60. The summed E-state index contributed by atoms with van der Waals surface area (Å²) >= 11 is 11.9. The summed E-state index contributed by atoms with van der Waals surface area (Å²) < 4.78 is 5.40. The summed E-state index contributed by atoms with van der Waals surface area (Å²) in [5, 5.41) is 3.15. The molecule has 0 aliphatic heterocycles. The van der Waals surface area contributed by atoms with E-state index in [9.17, 15) is 4.79 Å². The molecule has 0 saturated carbocycles. The normalized spacial score (nSPS) is 10.2. The summed E-state index contributed by atoms with van der Waals surface area (Å²) in [5.41, 5.74) is 0.976. The van der Waals surface area contributed by atoms with Gasteiger partial charge in [0.25, 0.3) is 5.91 Å². The van der Waals surface area contributed by atoms with Crippen LogP contribution in [0.15, 0.2) is 30.7 Å². The maximum Gasteiger partial charge on any atom is 0.254 e. The first kappa shape index (κ1) is 15.5. The Labute approximate surface area is 132 Å². The first-order valence-corrected chi connectivity index (χ1v) is 7.03. The number of hydrogen-bond donors (Lipinski definition) is 1. The highest BCUT2D eigenvalue weighted by molar-refractivity contribution is 6.39. The number of halogens is 2. The molecular formula is C14H13Cl2N3O2. The molecule has 0 spiro atoms. The zero-order valence-corrected chi connectivity index (χ0v) is 12.8. The second-order valence-electron chi connectivity index (χ2n) is 4.06. The number of nitrogens with zero attached hydrogens (tertiary/aromatic N) is 2. The molecule has 0 aromatic carbocycles. The van der Waals surface area contributed by atoms with Crippen molar-refractivity contribution in [2.24, 2.45) is 0 Å². The van der Waals surface area contributed by atoms with Crippen LogP contribution in [0.4, 0.5) is 0 Å². The number of ether oxygens (including phenoxy) is 1. The number of hydrogen-bond acceptors (Lipinski definition) is 4. The third kappa shape index (κ3) is 3.83. The number of aromatic nitrogens is 2. The lowest BCUT2D eigenvalue weighted by Gasteiger charge is -2.11. The van der Waals surface area contributed by atoms with Gasteiger partial charge in [-0.05, 0) is 13.0 Å². The fourth-order valence-electron chi connectivity index (χ4n) is 1.72. The van der Waals surface area contributed by atoms with Crippen LogP contribution in [0.1, 0.15) is 22.8 Å². The van der Waals surface area contributed by atoms with Crippen molar-refractivity contribution in [2.45, 2.75) is 13.5 Å². The van der Waals surface area contributed by atoms with E-state index in [4.69, 9.17) is 27.9 Å². The minimum Gasteiger partial charge on any atom is -0.478 e. The van der Waals surface area contributed by atoms with Gasteiger partial charge in [-0.3, -0.25) is 9.78 Å². The Morgan fingerprint density at radius 1 is 1.33 bits per heavy atom. The molecule has 2 rings (SSSR count). The number of amides is 1. The zero-order chi connectivity index (χ0) is 15.2. The molecule has 0 saturated heterocycles. The second kappa shape index (κ2) is 7.24. The minimum absolute atomic E-state index is 0.204. The van der Waals surface area contributed by atoms with Gasteiger partial charge < -0.3 is 10.1 Å². The zero-order valence-electron chi connectivity index (χ0n) is 11.3. The lowest BCUT2D eigenvalue weighted by Crippen LogP contribution is -2.24. The maximum absolute atomic E-state index is 12.2. The van der Waals surface area contributed by atoms with E-state index in [-0.39, 0.29) is 28.1 Å². The lowest BCUT2D eigenvalue weighted by atomic mass is 10.2. The van der Waals surface area contributed by atoms with E-state index >= 15 is 0 Å². The molecule has 21 heavy (non-hydrogen) atoms. The predicted molar refractivity (Wildman–Crippen MR) is 80.8 cm³/mol. The van der Waals surface area contributed by atoms with Crippen LogP contribution in [-0.4, -0.2) is 22.5 Å². The summed E-state index contributed by atoms with van der Waals surface area (Å²) in [7, 11) is 0. The first-order chi connectivity index (χ1) is 10.1. The predicted octanol–water partition coefficient (Wildman–Crippen LogP) is 3.11. The fraction of sp³-hybridized carbons (Fsp3) is 0.214. The molecule has 110 valence electrons. The van der Waals surface area contributed by atoms with Gasteiger partial charge in [-0.25, -0.2) is 4.98 Å². The summed E-state index contributed by atoms with van der Waals surface area (Å²) in [6.45, 7) is 2.63. The molecule has 0 bridgehead atoms. The van der Waals surface area contributed by atoms with Crippen LogP contribution in [0.5, 0.6) is 5.88 Å². The van der Waals surface area contributed by atoms with E-state index in [2.05, 4.69) is 15.3 Å². The fourth-order valence-corrected chi connectivity index (χ4v) is 2.25.